The Morgan fingerprint density at radius 2 is 1.75 bits per heavy atom. The minimum absolute atomic E-state index is 0. The molecule has 0 saturated carbocycles. The highest BCUT2D eigenvalue weighted by atomic mass is 127. The van der Waals surface area contributed by atoms with E-state index in [-0.39, 0.29) is 59.9 Å². The predicted octanol–water partition coefficient (Wildman–Crippen LogP) is -1.04. The van der Waals surface area contributed by atoms with Gasteiger partial charge in [0.05, 0.1) is 0 Å². The molecule has 0 bridgehead atoms. The van der Waals surface area contributed by atoms with Crippen molar-refractivity contribution >= 4 is 59.0 Å². The van der Waals surface area contributed by atoms with E-state index in [1.807, 2.05) is 0 Å². The molecule has 0 aromatic heterocycles. The quantitative estimate of drug-likeness (QED) is 0.455. The summed E-state index contributed by atoms with van der Waals surface area (Å²) in [4.78, 5) is 19.9. The average Bonchev–Trinajstić information content (AvgIpc) is 1.82. The molecule has 12 heavy (non-hydrogen) atoms. The van der Waals surface area contributed by atoms with Gasteiger partial charge in [0.1, 0.15) is 6.04 Å². The molecule has 0 aromatic rings. The van der Waals surface area contributed by atoms with Gasteiger partial charge in [0.15, 0.2) is 0 Å². The van der Waals surface area contributed by atoms with Crippen LogP contribution in [0.25, 0.3) is 0 Å². The first-order valence-corrected chi connectivity index (χ1v) is 2.74. The molecule has 0 saturated heterocycles. The Morgan fingerprint density at radius 3 is 2.00 bits per heavy atom. The molecule has 5 nitrogen and oxygen atoms in total. The lowest BCUT2D eigenvalue weighted by atomic mass is 10.2. The number of carboxylic acids is 2. The first kappa shape index (κ1) is 18.2. The zero-order valence-electron chi connectivity index (χ0n) is 5.69. The zero-order valence-corrected chi connectivity index (χ0v) is 8.02. The molecule has 0 fully saturated rings. The molecule has 0 aromatic carbocycles. The van der Waals surface area contributed by atoms with Gasteiger partial charge in [0.25, 0.3) is 0 Å². The standard InChI is InChI=1S/C5H9NO4.HI.Mg.2H/c6-3(5(9)10)1-2-4(7)8;;;;/h3H,1-2,6H2,(H,7,8)(H,9,10);1H;;;/t3-;;;;/m0..../s1. The summed E-state index contributed by atoms with van der Waals surface area (Å²) in [7, 11) is 0. The maximum atomic E-state index is 9.99. The van der Waals surface area contributed by atoms with Gasteiger partial charge in [-0.3, -0.25) is 9.59 Å². The topological polar surface area (TPSA) is 101 Å². The van der Waals surface area contributed by atoms with E-state index in [0.717, 1.165) is 0 Å². The van der Waals surface area contributed by atoms with Crippen molar-refractivity contribution in [3.63, 3.8) is 0 Å². The van der Waals surface area contributed by atoms with Crippen LogP contribution in [0.2, 0.25) is 0 Å². The van der Waals surface area contributed by atoms with Gasteiger partial charge < -0.3 is 15.9 Å². The van der Waals surface area contributed by atoms with Crippen LogP contribution < -0.4 is 5.73 Å². The van der Waals surface area contributed by atoms with Crippen LogP contribution in [-0.4, -0.2) is 51.2 Å². The highest BCUT2D eigenvalue weighted by molar-refractivity contribution is 14.0. The van der Waals surface area contributed by atoms with Crippen molar-refractivity contribution < 1.29 is 19.8 Å². The minimum atomic E-state index is -1.17. The van der Waals surface area contributed by atoms with Gasteiger partial charge in [0.2, 0.25) is 0 Å². The van der Waals surface area contributed by atoms with Crippen LogP contribution in [0.4, 0.5) is 0 Å². The Balaban J connectivity index is -0.000000405. The number of hydrogen-bond donors (Lipinski definition) is 3. The summed E-state index contributed by atoms with van der Waals surface area (Å²) in [6.45, 7) is 0. The number of halogens is 1. The Hall–Kier alpha value is 0.396. The van der Waals surface area contributed by atoms with Gasteiger partial charge >= 0.3 is 35.0 Å². The first-order chi connectivity index (χ1) is 4.54. The van der Waals surface area contributed by atoms with Crippen molar-refractivity contribution in [1.29, 1.82) is 0 Å². The highest BCUT2D eigenvalue weighted by Gasteiger charge is 2.12. The molecule has 0 radical (unpaired) electrons. The lowest BCUT2D eigenvalue weighted by molar-refractivity contribution is -0.139. The number of hydrogen-bond acceptors (Lipinski definition) is 3. The molecule has 70 valence electrons. The van der Waals surface area contributed by atoms with Gasteiger partial charge in [-0.25, -0.2) is 0 Å². The van der Waals surface area contributed by atoms with E-state index in [1.165, 1.54) is 0 Å². The largest absolute Gasteiger partial charge is 0.481 e. The van der Waals surface area contributed by atoms with Crippen molar-refractivity contribution in [3.8, 4) is 0 Å². The average molecular weight is 301 g/mol. The third kappa shape index (κ3) is 10.4. The molecule has 0 amide bonds. The lowest BCUT2D eigenvalue weighted by Crippen LogP contribution is -2.30. The molecule has 0 aliphatic rings. The zero-order chi connectivity index (χ0) is 8.15. The second-order valence-corrected chi connectivity index (χ2v) is 1.88. The summed E-state index contributed by atoms with van der Waals surface area (Å²) >= 11 is 0. The summed E-state index contributed by atoms with van der Waals surface area (Å²) in [6.07, 6.45) is -0.224. The van der Waals surface area contributed by atoms with E-state index < -0.39 is 18.0 Å². The fraction of sp³-hybridized carbons (Fsp3) is 0.600. The van der Waals surface area contributed by atoms with E-state index >= 15 is 0 Å². The Labute approximate surface area is 103 Å². The second-order valence-electron chi connectivity index (χ2n) is 1.88. The number of rotatable bonds is 4. The Bertz CT molecular complexity index is 154. The minimum Gasteiger partial charge on any atom is -0.481 e. The van der Waals surface area contributed by atoms with Crippen LogP contribution in [0.5, 0.6) is 0 Å². The molecule has 0 spiro atoms. The van der Waals surface area contributed by atoms with Gasteiger partial charge in [-0.2, -0.15) is 0 Å². The van der Waals surface area contributed by atoms with E-state index in [0.29, 0.717) is 0 Å². The summed E-state index contributed by atoms with van der Waals surface area (Å²) in [5.74, 6) is -2.20. The maximum Gasteiger partial charge on any atom is 0.320 e. The van der Waals surface area contributed by atoms with Gasteiger partial charge in [-0.05, 0) is 6.42 Å². The smallest absolute Gasteiger partial charge is 0.320 e. The first-order valence-electron chi connectivity index (χ1n) is 2.74. The number of nitrogens with two attached hydrogens (primary N) is 1. The van der Waals surface area contributed by atoms with Crippen LogP contribution in [0.15, 0.2) is 0 Å². The number of carboxylic acid groups (broad SMARTS) is 2. The molecule has 0 unspecified atom stereocenters. The van der Waals surface area contributed by atoms with Crippen LogP contribution in [0.1, 0.15) is 12.8 Å². The second kappa shape index (κ2) is 9.48. The molecule has 0 rings (SSSR count). The fourth-order valence-corrected chi connectivity index (χ4v) is 0.402. The van der Waals surface area contributed by atoms with E-state index in [9.17, 15) is 9.59 Å². The molecule has 0 heterocycles. The molecule has 0 aliphatic carbocycles. The van der Waals surface area contributed by atoms with Crippen LogP contribution >= 0.6 is 24.0 Å². The number of aliphatic carboxylic acids is 2. The van der Waals surface area contributed by atoms with Gasteiger partial charge in [-0.1, -0.05) is 0 Å². The predicted molar refractivity (Wildman–Crippen MR) is 56.4 cm³/mol. The third-order valence-corrected chi connectivity index (χ3v) is 0.986. The van der Waals surface area contributed by atoms with E-state index in [2.05, 4.69) is 0 Å². The van der Waals surface area contributed by atoms with Gasteiger partial charge in [-0.15, -0.1) is 24.0 Å². The summed E-state index contributed by atoms with van der Waals surface area (Å²) in [5.41, 5.74) is 5.00. The van der Waals surface area contributed by atoms with E-state index in [4.69, 9.17) is 15.9 Å². The normalized spacial score (nSPS) is 10.4. The molecular formula is C5H12IMgNO4. The Kier molecular flexibility index (Phi) is 14.4. The SMILES string of the molecule is I.N[C@@H](CCC(=O)O)C(=O)O.[MgH2]. The van der Waals surface area contributed by atoms with Crippen molar-refractivity contribution in [2.24, 2.45) is 5.73 Å². The van der Waals surface area contributed by atoms with Crippen LogP contribution in [-0.2, 0) is 9.59 Å². The van der Waals surface area contributed by atoms with Crippen molar-refractivity contribution in [3.05, 3.63) is 0 Å². The summed E-state index contributed by atoms with van der Waals surface area (Å²) in [6, 6.07) is -1.06. The Morgan fingerprint density at radius 1 is 1.33 bits per heavy atom. The lowest BCUT2D eigenvalue weighted by Gasteiger charge is -2.01. The third-order valence-electron chi connectivity index (χ3n) is 0.986. The molecule has 1 atom stereocenters. The van der Waals surface area contributed by atoms with Crippen LogP contribution in [0.3, 0.4) is 0 Å². The number of carbonyl (C=O) groups is 2. The van der Waals surface area contributed by atoms with E-state index in [1.54, 1.807) is 0 Å². The fourth-order valence-electron chi connectivity index (χ4n) is 0.402. The molecular weight excluding hydrogens is 289 g/mol. The van der Waals surface area contributed by atoms with Crippen molar-refractivity contribution in [2.45, 2.75) is 18.9 Å². The summed E-state index contributed by atoms with van der Waals surface area (Å²) < 4.78 is 0. The molecule has 7 heteroatoms. The molecule has 4 N–H and O–H groups in total. The summed E-state index contributed by atoms with van der Waals surface area (Å²) in [5, 5.41) is 16.3. The van der Waals surface area contributed by atoms with Gasteiger partial charge in [0, 0.05) is 6.42 Å². The van der Waals surface area contributed by atoms with Crippen molar-refractivity contribution in [1.82, 2.24) is 0 Å². The highest BCUT2D eigenvalue weighted by Crippen LogP contribution is 1.93. The maximum absolute atomic E-state index is 9.99. The van der Waals surface area contributed by atoms with Crippen molar-refractivity contribution in [2.75, 3.05) is 0 Å². The monoisotopic (exact) mass is 301 g/mol. The molecule has 0 aliphatic heterocycles. The van der Waals surface area contributed by atoms with Crippen LogP contribution in [0, 0.1) is 0 Å².